The molecule has 6 rings (SSSR count). The largest absolute Gasteiger partial charge is 0.364 e. The van der Waals surface area contributed by atoms with Crippen LogP contribution in [0.15, 0.2) is 97.1 Å². The molecule has 0 amide bonds. The molecule has 5 aromatic rings. The fourth-order valence-electron chi connectivity index (χ4n) is 7.01. The molecule has 0 bridgehead atoms. The Bertz CT molecular complexity index is 1790. The van der Waals surface area contributed by atoms with Crippen LogP contribution in [0.3, 0.4) is 0 Å². The molecule has 47 heavy (non-hydrogen) atoms. The topological polar surface area (TPSA) is 6.48 Å². The number of likely N-dealkylation sites (tertiary alicyclic amines) is 1. The van der Waals surface area contributed by atoms with Gasteiger partial charge in [0.2, 0.25) is 0 Å². The Hall–Kier alpha value is -3.56. The molecule has 0 spiro atoms. The van der Waals surface area contributed by atoms with Crippen LogP contribution in [0.25, 0.3) is 22.3 Å². The quantitative estimate of drug-likeness (QED) is 0.163. The smallest absolute Gasteiger partial charge is 0.0432 e. The van der Waals surface area contributed by atoms with Gasteiger partial charge >= 0.3 is 0 Å². The van der Waals surface area contributed by atoms with Crippen molar-refractivity contribution in [2.45, 2.75) is 73.5 Å². The summed E-state index contributed by atoms with van der Waals surface area (Å²) in [5.74, 6) is 0. The van der Waals surface area contributed by atoms with Crippen LogP contribution in [0.2, 0.25) is 5.02 Å². The Balaban J connectivity index is 0.00000433. The zero-order chi connectivity index (χ0) is 32.4. The van der Waals surface area contributed by atoms with Crippen molar-refractivity contribution in [2.24, 2.45) is 0 Å². The first-order chi connectivity index (χ1) is 22.1. The Kier molecular flexibility index (Phi) is 11.2. The van der Waals surface area contributed by atoms with Gasteiger partial charge in [-0.15, -0.1) is 12.4 Å². The van der Waals surface area contributed by atoms with Gasteiger partial charge < -0.3 is 4.90 Å². The molecular formula is C43H48Cl2N2. The highest BCUT2D eigenvalue weighted by molar-refractivity contribution is 6.30. The van der Waals surface area contributed by atoms with Crippen molar-refractivity contribution in [1.29, 1.82) is 0 Å². The minimum atomic E-state index is 0. The molecule has 1 fully saturated rings. The lowest BCUT2D eigenvalue weighted by Gasteiger charge is -2.40. The minimum absolute atomic E-state index is 0. The number of halogens is 2. The highest BCUT2D eigenvalue weighted by Crippen LogP contribution is 2.31. The van der Waals surface area contributed by atoms with Crippen LogP contribution in [0.5, 0.6) is 0 Å². The highest BCUT2D eigenvalue weighted by atomic mass is 35.5. The van der Waals surface area contributed by atoms with E-state index in [4.69, 9.17) is 11.6 Å². The van der Waals surface area contributed by atoms with Crippen LogP contribution in [0, 0.1) is 41.5 Å². The number of hydrogen-bond acceptors (Lipinski definition) is 2. The Labute approximate surface area is 293 Å². The number of nitrogens with zero attached hydrogens (tertiary/aromatic N) is 2. The lowest BCUT2D eigenvalue weighted by molar-refractivity contribution is 0.201. The van der Waals surface area contributed by atoms with E-state index in [2.05, 4.69) is 136 Å². The zero-order valence-corrected chi connectivity index (χ0v) is 30.3. The molecule has 0 aliphatic carbocycles. The summed E-state index contributed by atoms with van der Waals surface area (Å²) in [4.78, 5) is 5.24. The molecule has 2 nitrogen and oxygen atoms in total. The summed E-state index contributed by atoms with van der Waals surface area (Å²) < 4.78 is 0. The number of piperidine rings is 1. The predicted octanol–water partition coefficient (Wildman–Crippen LogP) is 11.6. The van der Waals surface area contributed by atoms with E-state index in [1.54, 1.807) is 0 Å². The van der Waals surface area contributed by atoms with Crippen LogP contribution in [-0.4, -0.2) is 24.0 Å². The van der Waals surface area contributed by atoms with Gasteiger partial charge in [0.25, 0.3) is 0 Å². The van der Waals surface area contributed by atoms with Crippen LogP contribution in [-0.2, 0) is 13.1 Å². The van der Waals surface area contributed by atoms with E-state index in [0.717, 1.165) is 44.0 Å². The second-order valence-corrected chi connectivity index (χ2v) is 13.9. The monoisotopic (exact) mass is 662 g/mol. The Morgan fingerprint density at radius 2 is 1.06 bits per heavy atom. The molecule has 0 saturated carbocycles. The van der Waals surface area contributed by atoms with E-state index in [0.29, 0.717) is 6.04 Å². The Morgan fingerprint density at radius 3 is 1.57 bits per heavy atom. The molecule has 1 saturated heterocycles. The lowest BCUT2D eigenvalue weighted by atomic mass is 9.95. The van der Waals surface area contributed by atoms with E-state index >= 15 is 0 Å². The second kappa shape index (κ2) is 15.1. The fourth-order valence-corrected chi connectivity index (χ4v) is 7.14. The van der Waals surface area contributed by atoms with Gasteiger partial charge in [-0.05, 0) is 158 Å². The first-order valence-electron chi connectivity index (χ1n) is 16.7. The minimum Gasteiger partial charge on any atom is -0.364 e. The van der Waals surface area contributed by atoms with Crippen molar-refractivity contribution in [2.75, 3.05) is 18.0 Å². The number of rotatable bonds is 8. The van der Waals surface area contributed by atoms with Crippen molar-refractivity contribution < 1.29 is 0 Å². The number of hydrogen-bond donors (Lipinski definition) is 0. The van der Waals surface area contributed by atoms with Crippen molar-refractivity contribution in [3.8, 4) is 22.3 Å². The summed E-state index contributed by atoms with van der Waals surface area (Å²) in [6.45, 7) is 17.3. The third kappa shape index (κ3) is 8.12. The molecule has 244 valence electrons. The predicted molar refractivity (Wildman–Crippen MR) is 205 cm³/mol. The average Bonchev–Trinajstić information content (AvgIpc) is 3.06. The van der Waals surface area contributed by atoms with Gasteiger partial charge in [-0.25, -0.2) is 0 Å². The van der Waals surface area contributed by atoms with E-state index < -0.39 is 0 Å². The lowest BCUT2D eigenvalue weighted by Crippen LogP contribution is -2.44. The van der Waals surface area contributed by atoms with Crippen LogP contribution in [0.4, 0.5) is 5.69 Å². The van der Waals surface area contributed by atoms with Gasteiger partial charge in [-0.1, -0.05) is 72.3 Å². The molecule has 1 heterocycles. The van der Waals surface area contributed by atoms with Gasteiger partial charge in [0.05, 0.1) is 0 Å². The van der Waals surface area contributed by atoms with E-state index in [-0.39, 0.29) is 12.4 Å². The van der Waals surface area contributed by atoms with Crippen molar-refractivity contribution in [1.82, 2.24) is 4.90 Å². The summed E-state index contributed by atoms with van der Waals surface area (Å²) in [6, 6.07) is 36.5. The Morgan fingerprint density at radius 1 is 0.596 bits per heavy atom. The third-order valence-corrected chi connectivity index (χ3v) is 10.5. The number of aryl methyl sites for hydroxylation is 4. The normalized spacial score (nSPS) is 13.8. The number of anilines is 1. The molecule has 0 radical (unpaired) electrons. The molecule has 0 aromatic heterocycles. The van der Waals surface area contributed by atoms with Crippen molar-refractivity contribution >= 4 is 29.7 Å². The summed E-state index contributed by atoms with van der Waals surface area (Å²) >= 11 is 6.33. The molecule has 0 atom stereocenters. The first kappa shape index (κ1) is 34.8. The van der Waals surface area contributed by atoms with Crippen LogP contribution >= 0.6 is 24.0 Å². The molecular weight excluding hydrogens is 615 g/mol. The van der Waals surface area contributed by atoms with Gasteiger partial charge in [0.1, 0.15) is 0 Å². The van der Waals surface area contributed by atoms with Crippen LogP contribution < -0.4 is 4.90 Å². The molecule has 4 heteroatoms. The van der Waals surface area contributed by atoms with E-state index in [1.807, 2.05) is 12.1 Å². The van der Waals surface area contributed by atoms with Crippen molar-refractivity contribution in [3.05, 3.63) is 147 Å². The average molecular weight is 664 g/mol. The SMILES string of the molecule is Cc1cc(-c2cccc(CN3CCC(N(Cc4cccc(-c5cc(C)c(C)c(C)c5)c4)c4ccc(Cl)cc4)CC3)c2)cc(C)c1C.Cl. The van der Waals surface area contributed by atoms with Crippen LogP contribution in [0.1, 0.15) is 57.3 Å². The summed E-state index contributed by atoms with van der Waals surface area (Å²) in [6.07, 6.45) is 2.27. The maximum atomic E-state index is 6.33. The zero-order valence-electron chi connectivity index (χ0n) is 28.7. The molecule has 1 aliphatic rings. The first-order valence-corrected chi connectivity index (χ1v) is 17.1. The standard InChI is InChI=1S/C43H47ClN2.ClH/c1-29-21-39(22-30(2)33(29)5)37-11-7-9-35(25-37)27-45-19-17-43(18-20-45)46(42-15-13-41(44)14-16-42)28-36-10-8-12-38(26-36)40-23-31(3)34(6)32(4)24-40;/h7-16,21-26,43H,17-20,27-28H2,1-6H3;1H. The summed E-state index contributed by atoms with van der Waals surface area (Å²) in [5.41, 5.74) is 17.4. The summed E-state index contributed by atoms with van der Waals surface area (Å²) in [5, 5.41) is 0.781. The van der Waals surface area contributed by atoms with Gasteiger partial charge in [-0.3, -0.25) is 4.90 Å². The van der Waals surface area contributed by atoms with E-state index in [9.17, 15) is 0 Å². The summed E-state index contributed by atoms with van der Waals surface area (Å²) in [7, 11) is 0. The van der Waals surface area contributed by atoms with Crippen molar-refractivity contribution in [3.63, 3.8) is 0 Å². The molecule has 5 aromatic carbocycles. The maximum Gasteiger partial charge on any atom is 0.0432 e. The molecule has 0 unspecified atom stereocenters. The molecule has 1 aliphatic heterocycles. The van der Waals surface area contributed by atoms with E-state index in [1.165, 1.54) is 72.4 Å². The fraction of sp³-hybridized carbons (Fsp3) is 0.302. The van der Waals surface area contributed by atoms with Gasteiger partial charge in [0.15, 0.2) is 0 Å². The second-order valence-electron chi connectivity index (χ2n) is 13.5. The van der Waals surface area contributed by atoms with Gasteiger partial charge in [0, 0.05) is 42.9 Å². The highest BCUT2D eigenvalue weighted by Gasteiger charge is 2.25. The number of benzene rings is 5. The van der Waals surface area contributed by atoms with Gasteiger partial charge in [-0.2, -0.15) is 0 Å². The maximum absolute atomic E-state index is 6.33. The third-order valence-electron chi connectivity index (χ3n) is 10.3. The molecule has 0 N–H and O–H groups in total.